The molecule has 0 atom stereocenters. The van der Waals surface area contributed by atoms with Crippen LogP contribution in [0.1, 0.15) is 2.74 Å². The van der Waals surface area contributed by atoms with Crippen LogP contribution in [0.2, 0.25) is 0 Å². The van der Waals surface area contributed by atoms with Crippen molar-refractivity contribution in [3.8, 4) is 0 Å². The maximum Gasteiger partial charge on any atom is 0.0636 e. The third kappa shape index (κ3) is 2.19. The van der Waals surface area contributed by atoms with E-state index < -0.39 is 0 Å². The maximum atomic E-state index is 8.53. The number of hydrogen-bond donors (Lipinski definition) is 0. The number of hydrogen-bond acceptors (Lipinski definition) is 0. The zero-order valence-corrected chi connectivity index (χ0v) is 12.7. The van der Waals surface area contributed by atoms with Gasteiger partial charge in [-0.05, 0) is 50.2 Å². The van der Waals surface area contributed by atoms with Crippen LogP contribution in [0, 0.1) is 0 Å². The molecular formula is C19H15Br. The monoisotopic (exact) mass is 324 g/mol. The highest BCUT2D eigenvalue weighted by molar-refractivity contribution is 9.08. The van der Waals surface area contributed by atoms with E-state index in [4.69, 9.17) is 2.74 Å². The van der Waals surface area contributed by atoms with Crippen LogP contribution in [0.5, 0.6) is 0 Å². The zero-order valence-electron chi connectivity index (χ0n) is 13.2. The van der Waals surface area contributed by atoms with E-state index in [1.54, 1.807) is 0 Å². The number of rotatable bonds is 0. The van der Waals surface area contributed by atoms with Crippen molar-refractivity contribution in [3.05, 3.63) is 72.7 Å². The SMILES string of the molecule is CBr.[2H]c1c2ccccc2c([2H])c2c1ccc1ccccc12. The van der Waals surface area contributed by atoms with Gasteiger partial charge in [0.25, 0.3) is 0 Å². The first-order valence-corrected chi connectivity index (χ1v) is 8.03. The second-order valence-electron chi connectivity index (χ2n) is 4.50. The molecule has 0 bridgehead atoms. The van der Waals surface area contributed by atoms with Gasteiger partial charge in [-0.1, -0.05) is 76.6 Å². The third-order valence-electron chi connectivity index (χ3n) is 3.39. The van der Waals surface area contributed by atoms with Gasteiger partial charge in [0.05, 0.1) is 2.74 Å². The van der Waals surface area contributed by atoms with Gasteiger partial charge >= 0.3 is 0 Å². The predicted molar refractivity (Wildman–Crippen MR) is 93.8 cm³/mol. The molecular weight excluding hydrogens is 308 g/mol. The molecule has 0 nitrogen and oxygen atoms in total. The van der Waals surface area contributed by atoms with Crippen molar-refractivity contribution in [2.75, 3.05) is 5.83 Å². The highest BCUT2D eigenvalue weighted by Crippen LogP contribution is 2.29. The first kappa shape index (κ1) is 10.9. The highest BCUT2D eigenvalue weighted by Gasteiger charge is 2.01. The molecule has 0 N–H and O–H groups in total. The lowest BCUT2D eigenvalue weighted by atomic mass is 9.98. The van der Waals surface area contributed by atoms with Crippen LogP contribution in [-0.2, 0) is 0 Å². The van der Waals surface area contributed by atoms with Crippen molar-refractivity contribution in [1.82, 2.24) is 0 Å². The van der Waals surface area contributed by atoms with Crippen LogP contribution in [0.4, 0.5) is 0 Å². The molecule has 1 heteroatoms. The summed E-state index contributed by atoms with van der Waals surface area (Å²) < 4.78 is 16.9. The Morgan fingerprint density at radius 1 is 0.600 bits per heavy atom. The van der Waals surface area contributed by atoms with Gasteiger partial charge in [0.1, 0.15) is 0 Å². The van der Waals surface area contributed by atoms with Crippen LogP contribution < -0.4 is 0 Å². The molecule has 0 aliphatic rings. The van der Waals surface area contributed by atoms with Gasteiger partial charge in [0, 0.05) is 0 Å². The van der Waals surface area contributed by atoms with Crippen molar-refractivity contribution in [2.45, 2.75) is 0 Å². The summed E-state index contributed by atoms with van der Waals surface area (Å²) in [4.78, 5) is 0. The van der Waals surface area contributed by atoms with E-state index in [0.717, 1.165) is 32.3 Å². The largest absolute Gasteiger partial charge is 0.0966 e. The minimum atomic E-state index is 0.511. The molecule has 0 saturated carbocycles. The summed E-state index contributed by atoms with van der Waals surface area (Å²) in [6.45, 7) is 0. The van der Waals surface area contributed by atoms with Gasteiger partial charge in [-0.2, -0.15) is 0 Å². The lowest BCUT2D eigenvalue weighted by molar-refractivity contribution is 1.77. The Kier molecular flexibility index (Phi) is 3.07. The lowest BCUT2D eigenvalue weighted by Crippen LogP contribution is -1.79. The molecule has 20 heavy (non-hydrogen) atoms. The molecule has 4 rings (SSSR count). The fourth-order valence-electron chi connectivity index (χ4n) is 2.49. The average molecular weight is 325 g/mol. The van der Waals surface area contributed by atoms with Crippen molar-refractivity contribution in [3.63, 3.8) is 0 Å². The fraction of sp³-hybridized carbons (Fsp3) is 0.0526. The van der Waals surface area contributed by atoms with Gasteiger partial charge < -0.3 is 0 Å². The van der Waals surface area contributed by atoms with Crippen LogP contribution >= 0.6 is 15.9 Å². The van der Waals surface area contributed by atoms with Crippen LogP contribution in [0.3, 0.4) is 0 Å². The summed E-state index contributed by atoms with van der Waals surface area (Å²) in [5.41, 5.74) is 0. The summed E-state index contributed by atoms with van der Waals surface area (Å²) in [6.07, 6.45) is 0. The molecule has 0 heterocycles. The van der Waals surface area contributed by atoms with E-state index in [-0.39, 0.29) is 0 Å². The zero-order chi connectivity index (χ0) is 15.7. The molecule has 4 aromatic carbocycles. The molecule has 0 unspecified atom stereocenters. The lowest BCUT2D eigenvalue weighted by Gasteiger charge is -2.06. The molecule has 4 aromatic rings. The minimum absolute atomic E-state index is 0.511. The second kappa shape index (κ2) is 5.64. The Morgan fingerprint density at radius 2 is 1.15 bits per heavy atom. The summed E-state index contributed by atoms with van der Waals surface area (Å²) in [6, 6.07) is 20.8. The Hall–Kier alpha value is -1.86. The molecule has 0 aliphatic heterocycles. The summed E-state index contributed by atoms with van der Waals surface area (Å²) in [5.74, 6) is 1.81. The van der Waals surface area contributed by atoms with Crippen LogP contribution in [0.15, 0.2) is 72.7 Å². The Labute approximate surface area is 130 Å². The summed E-state index contributed by atoms with van der Waals surface area (Å²) in [5, 5.41) is 5.60. The third-order valence-corrected chi connectivity index (χ3v) is 3.39. The van der Waals surface area contributed by atoms with Gasteiger partial charge in [-0.25, -0.2) is 0 Å². The van der Waals surface area contributed by atoms with E-state index in [9.17, 15) is 0 Å². The maximum absolute atomic E-state index is 8.53. The van der Waals surface area contributed by atoms with Crippen molar-refractivity contribution in [1.29, 1.82) is 0 Å². The second-order valence-corrected chi connectivity index (χ2v) is 4.50. The standard InChI is InChI=1S/C18H12.CH3Br/c1-2-7-15-12-18-16(11-14(15)6-1)10-9-13-5-3-4-8-17(13)18;1-2/h1-12H;1H3/i11D,12D;. The number of halogens is 1. The van der Waals surface area contributed by atoms with Crippen molar-refractivity contribution < 1.29 is 2.74 Å². The van der Waals surface area contributed by atoms with E-state index in [2.05, 4.69) is 15.9 Å². The predicted octanol–water partition coefficient (Wildman–Crippen LogP) is 6.16. The van der Waals surface area contributed by atoms with E-state index in [1.807, 2.05) is 66.5 Å². The smallest absolute Gasteiger partial charge is 0.0636 e. The highest BCUT2D eigenvalue weighted by atomic mass is 79.9. The molecule has 0 aromatic heterocycles. The summed E-state index contributed by atoms with van der Waals surface area (Å²) in [7, 11) is 0. The van der Waals surface area contributed by atoms with E-state index in [0.29, 0.717) is 12.1 Å². The number of benzene rings is 4. The fourth-order valence-corrected chi connectivity index (χ4v) is 2.49. The number of fused-ring (bicyclic) bond motifs is 4. The van der Waals surface area contributed by atoms with Gasteiger partial charge in [-0.15, -0.1) is 0 Å². The minimum Gasteiger partial charge on any atom is -0.0966 e. The van der Waals surface area contributed by atoms with Crippen LogP contribution in [0.25, 0.3) is 32.3 Å². The first-order chi connectivity index (χ1) is 10.8. The molecule has 98 valence electrons. The molecule has 0 amide bonds. The average Bonchev–Trinajstić information content (AvgIpc) is 2.60. The molecule has 0 saturated heterocycles. The van der Waals surface area contributed by atoms with Crippen molar-refractivity contribution in [2.24, 2.45) is 0 Å². The Morgan fingerprint density at radius 3 is 1.90 bits per heavy atom. The number of alkyl halides is 1. The quantitative estimate of drug-likeness (QED) is 0.206. The molecule has 0 spiro atoms. The summed E-state index contributed by atoms with van der Waals surface area (Å²) >= 11 is 2.94. The van der Waals surface area contributed by atoms with Gasteiger partial charge in [-0.3, -0.25) is 0 Å². The normalized spacial score (nSPS) is 11.9. The van der Waals surface area contributed by atoms with Crippen molar-refractivity contribution >= 4 is 48.2 Å². The molecule has 0 fully saturated rings. The molecule has 0 radical (unpaired) electrons. The Bertz CT molecular complexity index is 977. The Balaban J connectivity index is 0.000000693. The molecule has 0 aliphatic carbocycles. The first-order valence-electron chi connectivity index (χ1n) is 7.44. The van der Waals surface area contributed by atoms with Gasteiger partial charge in [0.2, 0.25) is 0 Å². The van der Waals surface area contributed by atoms with E-state index >= 15 is 0 Å². The van der Waals surface area contributed by atoms with Gasteiger partial charge in [0.15, 0.2) is 0 Å². The van der Waals surface area contributed by atoms with Crippen LogP contribution in [-0.4, -0.2) is 5.83 Å². The van der Waals surface area contributed by atoms with E-state index in [1.165, 1.54) is 0 Å². The topological polar surface area (TPSA) is 0 Å².